The lowest BCUT2D eigenvalue weighted by atomic mass is 9.84. The topological polar surface area (TPSA) is 26.0 Å². The number of hydrogen-bond acceptors (Lipinski definition) is 1. The lowest BCUT2D eigenvalue weighted by Gasteiger charge is -2.28. The SMILES string of the molecule is CC(C)CC(C)(N)CC(C)C. The lowest BCUT2D eigenvalue weighted by molar-refractivity contribution is 0.309. The zero-order chi connectivity index (χ0) is 9.07. The largest absolute Gasteiger partial charge is 0.325 e. The molecule has 0 bridgehead atoms. The van der Waals surface area contributed by atoms with Gasteiger partial charge in [0.05, 0.1) is 0 Å². The van der Waals surface area contributed by atoms with Gasteiger partial charge in [-0.1, -0.05) is 27.7 Å². The minimum Gasteiger partial charge on any atom is -0.325 e. The van der Waals surface area contributed by atoms with E-state index in [-0.39, 0.29) is 5.54 Å². The second-order valence-corrected chi connectivity index (χ2v) is 4.85. The fourth-order valence-electron chi connectivity index (χ4n) is 1.95. The van der Waals surface area contributed by atoms with Gasteiger partial charge in [-0.15, -0.1) is 0 Å². The first kappa shape index (κ1) is 11.0. The van der Waals surface area contributed by atoms with E-state index in [1.54, 1.807) is 0 Å². The van der Waals surface area contributed by atoms with E-state index in [2.05, 4.69) is 34.6 Å². The van der Waals surface area contributed by atoms with Gasteiger partial charge in [-0.2, -0.15) is 0 Å². The predicted molar refractivity (Wildman–Crippen MR) is 51.5 cm³/mol. The molecular weight excluding hydrogens is 134 g/mol. The summed E-state index contributed by atoms with van der Waals surface area (Å²) in [6, 6.07) is 0. The van der Waals surface area contributed by atoms with Crippen molar-refractivity contribution in [1.82, 2.24) is 0 Å². The molecule has 0 aliphatic heterocycles. The molecule has 0 unspecified atom stereocenters. The van der Waals surface area contributed by atoms with Crippen LogP contribution in [0.4, 0.5) is 0 Å². The van der Waals surface area contributed by atoms with E-state index in [0.717, 1.165) is 12.8 Å². The molecule has 0 saturated heterocycles. The summed E-state index contributed by atoms with van der Waals surface area (Å²) in [7, 11) is 0. The fraction of sp³-hybridized carbons (Fsp3) is 1.00. The van der Waals surface area contributed by atoms with Crippen LogP contribution < -0.4 is 5.73 Å². The van der Waals surface area contributed by atoms with Crippen LogP contribution in [-0.4, -0.2) is 5.54 Å². The molecule has 0 heterocycles. The number of rotatable bonds is 4. The summed E-state index contributed by atoms with van der Waals surface area (Å²) in [6.45, 7) is 11.1. The highest BCUT2D eigenvalue weighted by Crippen LogP contribution is 2.21. The molecule has 0 amide bonds. The van der Waals surface area contributed by atoms with E-state index in [0.29, 0.717) is 11.8 Å². The van der Waals surface area contributed by atoms with Crippen LogP contribution in [0.2, 0.25) is 0 Å². The predicted octanol–water partition coefficient (Wildman–Crippen LogP) is 2.80. The van der Waals surface area contributed by atoms with Gasteiger partial charge in [0.1, 0.15) is 0 Å². The van der Waals surface area contributed by atoms with Crippen LogP contribution in [-0.2, 0) is 0 Å². The van der Waals surface area contributed by atoms with Crippen LogP contribution in [0.5, 0.6) is 0 Å². The highest BCUT2D eigenvalue weighted by Gasteiger charge is 2.20. The molecule has 0 radical (unpaired) electrons. The Morgan fingerprint density at radius 1 is 1.00 bits per heavy atom. The third-order valence-electron chi connectivity index (χ3n) is 1.75. The highest BCUT2D eigenvalue weighted by molar-refractivity contribution is 4.80. The normalized spacial score (nSPS) is 13.1. The van der Waals surface area contributed by atoms with Gasteiger partial charge in [-0.3, -0.25) is 0 Å². The van der Waals surface area contributed by atoms with Crippen molar-refractivity contribution in [2.45, 2.75) is 53.0 Å². The Morgan fingerprint density at radius 3 is 1.45 bits per heavy atom. The summed E-state index contributed by atoms with van der Waals surface area (Å²) in [5, 5.41) is 0. The van der Waals surface area contributed by atoms with Gasteiger partial charge in [0, 0.05) is 5.54 Å². The number of nitrogens with two attached hydrogens (primary N) is 1. The molecule has 0 aromatic rings. The number of hydrogen-bond donors (Lipinski definition) is 1. The molecule has 0 aromatic heterocycles. The van der Waals surface area contributed by atoms with Crippen molar-refractivity contribution in [3.8, 4) is 0 Å². The molecule has 0 aromatic carbocycles. The summed E-state index contributed by atoms with van der Waals surface area (Å²) >= 11 is 0. The Kier molecular flexibility index (Phi) is 4.09. The monoisotopic (exact) mass is 157 g/mol. The van der Waals surface area contributed by atoms with Crippen molar-refractivity contribution in [1.29, 1.82) is 0 Å². The van der Waals surface area contributed by atoms with E-state index in [4.69, 9.17) is 5.73 Å². The first-order chi connectivity index (χ1) is 4.83. The lowest BCUT2D eigenvalue weighted by Crippen LogP contribution is -2.38. The van der Waals surface area contributed by atoms with Gasteiger partial charge in [0.2, 0.25) is 0 Å². The molecule has 0 atom stereocenters. The standard InChI is InChI=1S/C10H23N/c1-8(2)6-10(5,11)7-9(3)4/h8-9H,6-7,11H2,1-5H3. The van der Waals surface area contributed by atoms with Crippen molar-refractivity contribution in [3.05, 3.63) is 0 Å². The average Bonchev–Trinajstić information content (AvgIpc) is 1.53. The Labute approximate surface area is 71.4 Å². The molecule has 68 valence electrons. The molecule has 1 heteroatoms. The maximum atomic E-state index is 6.12. The van der Waals surface area contributed by atoms with Gasteiger partial charge < -0.3 is 5.73 Å². The van der Waals surface area contributed by atoms with Crippen molar-refractivity contribution >= 4 is 0 Å². The molecule has 1 nitrogen and oxygen atoms in total. The Balaban J connectivity index is 3.79. The molecule has 0 saturated carbocycles. The van der Waals surface area contributed by atoms with Crippen molar-refractivity contribution in [2.24, 2.45) is 17.6 Å². The van der Waals surface area contributed by atoms with Crippen LogP contribution in [0, 0.1) is 11.8 Å². The second-order valence-electron chi connectivity index (χ2n) is 4.85. The maximum absolute atomic E-state index is 6.12. The Morgan fingerprint density at radius 2 is 1.27 bits per heavy atom. The zero-order valence-corrected chi connectivity index (χ0v) is 8.65. The molecule has 11 heavy (non-hydrogen) atoms. The molecule has 0 spiro atoms. The van der Waals surface area contributed by atoms with Crippen LogP contribution in [0.25, 0.3) is 0 Å². The third kappa shape index (κ3) is 6.36. The summed E-state index contributed by atoms with van der Waals surface area (Å²) in [5.41, 5.74) is 6.16. The fourth-order valence-corrected chi connectivity index (χ4v) is 1.95. The van der Waals surface area contributed by atoms with E-state index >= 15 is 0 Å². The van der Waals surface area contributed by atoms with E-state index < -0.39 is 0 Å². The summed E-state index contributed by atoms with van der Waals surface area (Å²) in [5.74, 6) is 1.42. The molecule has 2 N–H and O–H groups in total. The van der Waals surface area contributed by atoms with Crippen LogP contribution in [0.15, 0.2) is 0 Å². The van der Waals surface area contributed by atoms with Gasteiger partial charge in [-0.25, -0.2) is 0 Å². The first-order valence-electron chi connectivity index (χ1n) is 4.62. The maximum Gasteiger partial charge on any atom is 0.0130 e. The highest BCUT2D eigenvalue weighted by atomic mass is 14.7. The molecule has 0 aliphatic carbocycles. The van der Waals surface area contributed by atoms with Crippen molar-refractivity contribution in [2.75, 3.05) is 0 Å². The Hall–Kier alpha value is -0.0400. The Bertz CT molecular complexity index is 91.4. The van der Waals surface area contributed by atoms with Crippen LogP contribution in [0.1, 0.15) is 47.5 Å². The van der Waals surface area contributed by atoms with Gasteiger partial charge in [0.25, 0.3) is 0 Å². The minimum absolute atomic E-state index is 0.0440. The minimum atomic E-state index is 0.0440. The smallest absolute Gasteiger partial charge is 0.0130 e. The molecule has 0 aliphatic rings. The molecule has 0 fully saturated rings. The van der Waals surface area contributed by atoms with Gasteiger partial charge in [0.15, 0.2) is 0 Å². The summed E-state index contributed by atoms with van der Waals surface area (Å²) in [4.78, 5) is 0. The van der Waals surface area contributed by atoms with E-state index in [1.807, 2.05) is 0 Å². The third-order valence-corrected chi connectivity index (χ3v) is 1.75. The van der Waals surface area contributed by atoms with E-state index in [1.165, 1.54) is 0 Å². The quantitative estimate of drug-likeness (QED) is 0.667. The van der Waals surface area contributed by atoms with Gasteiger partial charge >= 0.3 is 0 Å². The van der Waals surface area contributed by atoms with E-state index in [9.17, 15) is 0 Å². The van der Waals surface area contributed by atoms with Crippen LogP contribution in [0.3, 0.4) is 0 Å². The molecular formula is C10H23N. The summed E-state index contributed by atoms with van der Waals surface area (Å²) in [6.07, 6.45) is 2.26. The second kappa shape index (κ2) is 4.10. The zero-order valence-electron chi connectivity index (χ0n) is 8.65. The summed E-state index contributed by atoms with van der Waals surface area (Å²) < 4.78 is 0. The van der Waals surface area contributed by atoms with Gasteiger partial charge in [-0.05, 0) is 31.6 Å². The first-order valence-corrected chi connectivity index (χ1v) is 4.62. The van der Waals surface area contributed by atoms with Crippen molar-refractivity contribution < 1.29 is 0 Å². The van der Waals surface area contributed by atoms with Crippen molar-refractivity contribution in [3.63, 3.8) is 0 Å². The average molecular weight is 157 g/mol. The molecule has 0 rings (SSSR count). The van der Waals surface area contributed by atoms with Crippen LogP contribution >= 0.6 is 0 Å².